The molecule has 0 radical (unpaired) electrons. The number of hydrogen-bond acceptors (Lipinski definition) is 10. The lowest BCUT2D eigenvalue weighted by molar-refractivity contribution is -0.239. The predicted octanol–water partition coefficient (Wildman–Crippen LogP) is -1.37. The molecule has 0 aromatic heterocycles. The fourth-order valence-corrected chi connectivity index (χ4v) is 8.12. The third kappa shape index (κ3) is 1.33. The van der Waals surface area contributed by atoms with E-state index in [1.807, 2.05) is 20.8 Å². The summed E-state index contributed by atoms with van der Waals surface area (Å²) in [5.41, 5.74) is -8.26. The van der Waals surface area contributed by atoms with Gasteiger partial charge in [-0.1, -0.05) is 20.8 Å². The zero-order chi connectivity index (χ0) is 21.8. The largest absolute Gasteiger partial charge is 0.459 e. The number of aliphatic hydroxyl groups is 3. The maximum atomic E-state index is 13.4. The molecule has 164 valence electrons. The quantitative estimate of drug-likeness (QED) is 0.314. The number of esters is 3. The summed E-state index contributed by atoms with van der Waals surface area (Å²) in [6.45, 7) is 7.14. The van der Waals surface area contributed by atoms with Crippen molar-refractivity contribution < 1.29 is 48.7 Å². The molecule has 2 saturated carbocycles. The molecule has 6 fully saturated rings. The molecular formula is C20H24O10. The Morgan fingerprint density at radius 2 is 1.70 bits per heavy atom. The van der Waals surface area contributed by atoms with Gasteiger partial charge in [-0.3, -0.25) is 4.79 Å². The summed E-state index contributed by atoms with van der Waals surface area (Å²) in [6, 6.07) is 0. The van der Waals surface area contributed by atoms with Crippen LogP contribution < -0.4 is 0 Å². The Bertz CT molecular complexity index is 925. The summed E-state index contributed by atoms with van der Waals surface area (Å²) in [6.07, 6.45) is -6.91. The highest BCUT2D eigenvalue weighted by molar-refractivity contribution is 5.94. The first-order chi connectivity index (χ1) is 13.8. The summed E-state index contributed by atoms with van der Waals surface area (Å²) >= 11 is 0. The summed E-state index contributed by atoms with van der Waals surface area (Å²) in [5, 5.41) is 34.7. The third-order valence-electron chi connectivity index (χ3n) is 9.00. The van der Waals surface area contributed by atoms with Crippen molar-refractivity contribution in [1.82, 2.24) is 0 Å². The molecule has 0 bridgehead atoms. The molecule has 6 aliphatic rings. The van der Waals surface area contributed by atoms with Crippen LogP contribution >= 0.6 is 0 Å². The minimum absolute atomic E-state index is 0.229. The number of ether oxygens (including phenoxy) is 4. The molecule has 2 spiro atoms. The molecule has 30 heavy (non-hydrogen) atoms. The van der Waals surface area contributed by atoms with Crippen LogP contribution in [0.15, 0.2) is 0 Å². The number of rotatable bonds is 0. The second kappa shape index (κ2) is 4.69. The standard InChI is InChI=1S/C20H24O10/c1-6-12(23)28-11-9(21)18-8-5-7(16(2,3)4)17(18)10(22)13(24)29-15(17)30-20(18,14(25)27-8)19(6,11)26/h6-11,15,21-22,26H,5H2,1-4H3/t6-,7+,8-,9+,10+,11+,15?,17+,18?,19-,20-/m0/s1. The SMILES string of the molecule is C[C@H]1C(=O)O[C@@H]2[C@@H](O)C34[C@@H]5C[C@H](C(C)(C)C)[C@@]36C(OC(=O)[C@H]6O)O[C@]4(C(=O)O5)[C@@]21O. The van der Waals surface area contributed by atoms with E-state index in [9.17, 15) is 29.7 Å². The maximum Gasteiger partial charge on any atom is 0.343 e. The molecule has 2 unspecified atom stereocenters. The van der Waals surface area contributed by atoms with Crippen LogP contribution in [0.5, 0.6) is 0 Å². The van der Waals surface area contributed by atoms with Gasteiger partial charge in [-0.05, 0) is 24.7 Å². The second-order valence-electron chi connectivity index (χ2n) is 10.7. The zero-order valence-electron chi connectivity index (χ0n) is 16.9. The molecule has 4 saturated heterocycles. The molecule has 3 N–H and O–H groups in total. The number of aliphatic hydroxyl groups excluding tert-OH is 2. The summed E-state index contributed by atoms with van der Waals surface area (Å²) in [7, 11) is 0. The fraction of sp³-hybridized carbons (Fsp3) is 0.850. The third-order valence-corrected chi connectivity index (χ3v) is 9.00. The van der Waals surface area contributed by atoms with Gasteiger partial charge < -0.3 is 34.3 Å². The van der Waals surface area contributed by atoms with E-state index in [-0.39, 0.29) is 6.42 Å². The van der Waals surface area contributed by atoms with E-state index >= 15 is 0 Å². The number of hydrogen-bond donors (Lipinski definition) is 3. The van der Waals surface area contributed by atoms with Crippen molar-refractivity contribution in [3.8, 4) is 0 Å². The van der Waals surface area contributed by atoms with Gasteiger partial charge in [0.25, 0.3) is 0 Å². The van der Waals surface area contributed by atoms with Gasteiger partial charge in [0.2, 0.25) is 11.9 Å². The second-order valence-corrected chi connectivity index (χ2v) is 10.7. The zero-order valence-corrected chi connectivity index (χ0v) is 16.9. The average molecular weight is 424 g/mol. The van der Waals surface area contributed by atoms with Gasteiger partial charge in [0, 0.05) is 0 Å². The molecule has 10 heteroatoms. The van der Waals surface area contributed by atoms with Crippen molar-refractivity contribution in [3.05, 3.63) is 0 Å². The molecule has 6 rings (SSSR count). The average Bonchev–Trinajstić information content (AvgIpc) is 3.35. The van der Waals surface area contributed by atoms with Gasteiger partial charge in [0.15, 0.2) is 17.8 Å². The van der Waals surface area contributed by atoms with E-state index in [0.717, 1.165) is 0 Å². The molecular weight excluding hydrogens is 400 g/mol. The van der Waals surface area contributed by atoms with Crippen molar-refractivity contribution >= 4 is 17.9 Å². The van der Waals surface area contributed by atoms with Gasteiger partial charge in [0.1, 0.15) is 12.2 Å². The van der Waals surface area contributed by atoms with Crippen LogP contribution in [0.25, 0.3) is 0 Å². The normalized spacial score (nSPS) is 60.1. The Balaban J connectivity index is 1.72. The summed E-state index contributed by atoms with van der Waals surface area (Å²) in [4.78, 5) is 38.2. The fourth-order valence-electron chi connectivity index (χ4n) is 8.12. The predicted molar refractivity (Wildman–Crippen MR) is 92.0 cm³/mol. The summed E-state index contributed by atoms with van der Waals surface area (Å²) < 4.78 is 22.5. The lowest BCUT2D eigenvalue weighted by Gasteiger charge is -2.47. The van der Waals surface area contributed by atoms with Crippen molar-refractivity contribution in [1.29, 1.82) is 0 Å². The first-order valence-corrected chi connectivity index (χ1v) is 10.2. The lowest BCUT2D eigenvalue weighted by atomic mass is 9.51. The highest BCUT2D eigenvalue weighted by Crippen LogP contribution is 2.84. The maximum absolute atomic E-state index is 13.4. The van der Waals surface area contributed by atoms with Crippen molar-refractivity contribution in [2.75, 3.05) is 0 Å². The molecule has 0 aromatic rings. The number of carbonyl (C=O) groups is 3. The van der Waals surface area contributed by atoms with E-state index < -0.39 is 87.9 Å². The Kier molecular flexibility index (Phi) is 2.97. The topological polar surface area (TPSA) is 149 Å². The van der Waals surface area contributed by atoms with Crippen LogP contribution in [-0.4, -0.2) is 75.1 Å². The van der Waals surface area contributed by atoms with Crippen LogP contribution in [0.3, 0.4) is 0 Å². The highest BCUT2D eigenvalue weighted by atomic mass is 16.8. The summed E-state index contributed by atoms with van der Waals surface area (Å²) in [5.74, 6) is -4.32. The Hall–Kier alpha value is -1.75. The van der Waals surface area contributed by atoms with Crippen LogP contribution in [0.2, 0.25) is 0 Å². The minimum atomic E-state index is -2.24. The molecule has 0 aromatic carbocycles. The van der Waals surface area contributed by atoms with Crippen molar-refractivity contribution in [2.24, 2.45) is 28.1 Å². The van der Waals surface area contributed by atoms with E-state index in [1.165, 1.54) is 6.92 Å². The van der Waals surface area contributed by atoms with Crippen LogP contribution in [0.1, 0.15) is 34.1 Å². The first-order valence-electron chi connectivity index (χ1n) is 10.2. The number of fused-ring (bicyclic) bond motifs is 1. The number of carbonyl (C=O) groups excluding carboxylic acids is 3. The van der Waals surface area contributed by atoms with Crippen molar-refractivity contribution in [3.63, 3.8) is 0 Å². The van der Waals surface area contributed by atoms with Crippen LogP contribution in [0, 0.1) is 28.1 Å². The minimum Gasteiger partial charge on any atom is -0.459 e. The van der Waals surface area contributed by atoms with Gasteiger partial charge >= 0.3 is 17.9 Å². The molecule has 0 amide bonds. The molecule has 2 aliphatic carbocycles. The first kappa shape index (κ1) is 19.0. The monoisotopic (exact) mass is 424 g/mol. The van der Waals surface area contributed by atoms with E-state index in [2.05, 4.69) is 0 Å². The van der Waals surface area contributed by atoms with Gasteiger partial charge in [-0.2, -0.15) is 0 Å². The van der Waals surface area contributed by atoms with Crippen LogP contribution in [-0.2, 0) is 33.3 Å². The molecule has 11 atom stereocenters. The molecule has 4 aliphatic heterocycles. The van der Waals surface area contributed by atoms with Gasteiger partial charge in [0.05, 0.1) is 16.7 Å². The van der Waals surface area contributed by atoms with E-state index in [0.29, 0.717) is 0 Å². The van der Waals surface area contributed by atoms with Gasteiger partial charge in [-0.15, -0.1) is 0 Å². The Morgan fingerprint density at radius 1 is 1.03 bits per heavy atom. The van der Waals surface area contributed by atoms with Crippen molar-refractivity contribution in [2.45, 2.75) is 76.0 Å². The highest BCUT2D eigenvalue weighted by Gasteiger charge is 3.03. The molecule has 4 heterocycles. The smallest absolute Gasteiger partial charge is 0.343 e. The van der Waals surface area contributed by atoms with Crippen LogP contribution in [0.4, 0.5) is 0 Å². The van der Waals surface area contributed by atoms with E-state index in [1.54, 1.807) is 0 Å². The van der Waals surface area contributed by atoms with Gasteiger partial charge in [-0.25, -0.2) is 9.59 Å². The Labute approximate surface area is 171 Å². The van der Waals surface area contributed by atoms with E-state index in [4.69, 9.17) is 18.9 Å². The molecule has 10 nitrogen and oxygen atoms in total. The lowest BCUT2D eigenvalue weighted by Crippen LogP contribution is -2.67. The Morgan fingerprint density at radius 3 is 2.33 bits per heavy atom.